The van der Waals surface area contributed by atoms with Gasteiger partial charge in [-0.3, -0.25) is 14.9 Å². The predicted molar refractivity (Wildman–Crippen MR) is 129 cm³/mol. The summed E-state index contributed by atoms with van der Waals surface area (Å²) in [6, 6.07) is 12.6. The molecule has 2 fully saturated rings. The molecule has 5 rings (SSSR count). The first-order valence-electron chi connectivity index (χ1n) is 11.1. The number of thiazole rings is 1. The van der Waals surface area contributed by atoms with Gasteiger partial charge in [-0.1, -0.05) is 23.5 Å². The van der Waals surface area contributed by atoms with Crippen LogP contribution in [0, 0.1) is 16.0 Å². The predicted octanol–water partition coefficient (Wildman–Crippen LogP) is 3.90. The van der Waals surface area contributed by atoms with E-state index in [0.29, 0.717) is 44.8 Å². The fourth-order valence-corrected chi connectivity index (χ4v) is 5.45. The van der Waals surface area contributed by atoms with Gasteiger partial charge in [0.05, 0.1) is 28.4 Å². The molecule has 3 aromatic rings. The fraction of sp³-hybridized carbons (Fsp3) is 0.391. The zero-order valence-corrected chi connectivity index (χ0v) is 18.9. The number of morpholine rings is 1. The lowest BCUT2D eigenvalue weighted by atomic mass is 9.95. The molecule has 1 aromatic heterocycles. The number of benzene rings is 2. The Morgan fingerprint density at radius 1 is 1.09 bits per heavy atom. The van der Waals surface area contributed by atoms with Crippen molar-refractivity contribution in [1.29, 1.82) is 0 Å². The van der Waals surface area contributed by atoms with Crippen molar-refractivity contribution in [2.24, 2.45) is 5.92 Å². The fourth-order valence-electron chi connectivity index (χ4n) is 4.39. The minimum Gasteiger partial charge on any atom is -0.378 e. The maximum absolute atomic E-state index is 12.9. The zero-order chi connectivity index (χ0) is 22.8. The van der Waals surface area contributed by atoms with Crippen molar-refractivity contribution in [3.05, 3.63) is 52.6 Å². The molecule has 2 aliphatic rings. The van der Waals surface area contributed by atoms with Crippen LogP contribution in [0.2, 0.25) is 0 Å². The second-order valence-electron chi connectivity index (χ2n) is 8.27. The molecule has 0 aliphatic carbocycles. The number of fused-ring (bicyclic) bond motifs is 1. The van der Waals surface area contributed by atoms with Crippen molar-refractivity contribution in [2.75, 3.05) is 54.5 Å². The molecule has 9 nitrogen and oxygen atoms in total. The Hall–Kier alpha value is -3.24. The molecule has 3 heterocycles. The smallest absolute Gasteiger partial charge is 0.292 e. The summed E-state index contributed by atoms with van der Waals surface area (Å²) in [6.07, 6.45) is 1.31. The van der Waals surface area contributed by atoms with Gasteiger partial charge in [0, 0.05) is 43.9 Å². The normalized spacial score (nSPS) is 17.3. The third-order valence-corrected chi connectivity index (χ3v) is 7.29. The molecule has 2 aromatic carbocycles. The van der Waals surface area contributed by atoms with E-state index in [0.717, 1.165) is 34.1 Å². The van der Waals surface area contributed by atoms with E-state index < -0.39 is 0 Å². The minimum absolute atomic E-state index is 0.00511. The van der Waals surface area contributed by atoms with Crippen LogP contribution in [0.1, 0.15) is 12.8 Å². The van der Waals surface area contributed by atoms with Crippen molar-refractivity contribution >= 4 is 49.7 Å². The number of ether oxygens (including phenoxy) is 1. The highest BCUT2D eigenvalue weighted by Crippen LogP contribution is 2.33. The van der Waals surface area contributed by atoms with Gasteiger partial charge in [-0.2, -0.15) is 0 Å². The number of hydrogen-bond acceptors (Lipinski definition) is 8. The van der Waals surface area contributed by atoms with Gasteiger partial charge in [-0.25, -0.2) is 4.98 Å². The number of nitro groups is 1. The van der Waals surface area contributed by atoms with Crippen LogP contribution in [0.4, 0.5) is 22.2 Å². The molecule has 1 amide bonds. The number of carbonyl (C=O) groups excluding carboxylic acids is 1. The molecule has 0 radical (unpaired) electrons. The van der Waals surface area contributed by atoms with E-state index in [1.807, 2.05) is 23.1 Å². The Morgan fingerprint density at radius 3 is 2.61 bits per heavy atom. The van der Waals surface area contributed by atoms with E-state index in [2.05, 4.69) is 10.2 Å². The SMILES string of the molecule is O=C(Nc1ccc2nc(N3CCOCC3)sc2c1)C1CCN(c2ccccc2[N+](=O)[O-])CC1. The van der Waals surface area contributed by atoms with E-state index in [1.54, 1.807) is 29.5 Å². The largest absolute Gasteiger partial charge is 0.378 e. The van der Waals surface area contributed by atoms with Crippen LogP contribution in [0.5, 0.6) is 0 Å². The molecule has 0 saturated carbocycles. The molecule has 0 atom stereocenters. The van der Waals surface area contributed by atoms with Crippen LogP contribution < -0.4 is 15.1 Å². The number of nitro benzene ring substituents is 1. The van der Waals surface area contributed by atoms with Gasteiger partial charge >= 0.3 is 0 Å². The number of rotatable bonds is 5. The number of hydrogen-bond donors (Lipinski definition) is 1. The highest BCUT2D eigenvalue weighted by atomic mass is 32.1. The Bertz CT molecular complexity index is 1170. The van der Waals surface area contributed by atoms with Crippen molar-refractivity contribution in [3.8, 4) is 0 Å². The van der Waals surface area contributed by atoms with Crippen LogP contribution >= 0.6 is 11.3 Å². The lowest BCUT2D eigenvalue weighted by molar-refractivity contribution is -0.384. The highest BCUT2D eigenvalue weighted by Gasteiger charge is 2.28. The topological polar surface area (TPSA) is 101 Å². The van der Waals surface area contributed by atoms with Crippen molar-refractivity contribution in [3.63, 3.8) is 0 Å². The summed E-state index contributed by atoms with van der Waals surface area (Å²) in [5, 5.41) is 15.4. The van der Waals surface area contributed by atoms with E-state index in [9.17, 15) is 14.9 Å². The molecule has 1 N–H and O–H groups in total. The first-order chi connectivity index (χ1) is 16.1. The summed E-state index contributed by atoms with van der Waals surface area (Å²) in [4.78, 5) is 32.8. The Labute approximate surface area is 195 Å². The molecular weight excluding hydrogens is 442 g/mol. The number of para-hydroxylation sites is 2. The lowest BCUT2D eigenvalue weighted by Crippen LogP contribution is -2.38. The standard InChI is InChI=1S/C23H25N5O4S/c29-22(16-7-9-26(10-8-16)19-3-1-2-4-20(19)28(30)31)24-17-5-6-18-21(15-17)33-23(25-18)27-11-13-32-14-12-27/h1-6,15-16H,7-14H2,(H,24,29). The van der Waals surface area contributed by atoms with Crippen LogP contribution in [0.3, 0.4) is 0 Å². The molecule has 0 spiro atoms. The number of nitrogens with one attached hydrogen (secondary N) is 1. The quantitative estimate of drug-likeness (QED) is 0.449. The summed E-state index contributed by atoms with van der Waals surface area (Å²) in [7, 11) is 0. The number of piperidine rings is 1. The van der Waals surface area contributed by atoms with Gasteiger partial charge in [0.1, 0.15) is 5.69 Å². The van der Waals surface area contributed by atoms with Gasteiger partial charge in [-0.15, -0.1) is 0 Å². The number of anilines is 3. The summed E-state index contributed by atoms with van der Waals surface area (Å²) >= 11 is 1.63. The first-order valence-corrected chi connectivity index (χ1v) is 11.9. The zero-order valence-electron chi connectivity index (χ0n) is 18.1. The molecule has 2 aliphatic heterocycles. The Morgan fingerprint density at radius 2 is 1.85 bits per heavy atom. The van der Waals surface area contributed by atoms with Crippen LogP contribution in [-0.2, 0) is 9.53 Å². The molecule has 10 heteroatoms. The molecule has 2 saturated heterocycles. The average Bonchev–Trinajstić information content (AvgIpc) is 3.28. The maximum atomic E-state index is 12.9. The van der Waals surface area contributed by atoms with Crippen LogP contribution in [0.25, 0.3) is 10.2 Å². The highest BCUT2D eigenvalue weighted by molar-refractivity contribution is 7.22. The first kappa shape index (κ1) is 21.6. The Kier molecular flexibility index (Phi) is 6.10. The molecular formula is C23H25N5O4S. The van der Waals surface area contributed by atoms with Crippen molar-refractivity contribution in [2.45, 2.75) is 12.8 Å². The maximum Gasteiger partial charge on any atom is 0.292 e. The second kappa shape index (κ2) is 9.32. The van der Waals surface area contributed by atoms with Gasteiger partial charge in [0.2, 0.25) is 5.91 Å². The lowest BCUT2D eigenvalue weighted by Gasteiger charge is -2.32. The number of amides is 1. The molecule has 33 heavy (non-hydrogen) atoms. The van der Waals surface area contributed by atoms with Crippen molar-refractivity contribution in [1.82, 2.24) is 4.98 Å². The summed E-state index contributed by atoms with van der Waals surface area (Å²) in [5.41, 5.74) is 2.42. The van der Waals surface area contributed by atoms with Gasteiger partial charge < -0.3 is 19.9 Å². The van der Waals surface area contributed by atoms with Gasteiger partial charge in [0.15, 0.2) is 5.13 Å². The van der Waals surface area contributed by atoms with E-state index in [1.165, 1.54) is 6.07 Å². The Balaban J connectivity index is 1.22. The summed E-state index contributed by atoms with van der Waals surface area (Å²) in [5.74, 6) is -0.125. The van der Waals surface area contributed by atoms with E-state index >= 15 is 0 Å². The van der Waals surface area contributed by atoms with E-state index in [-0.39, 0.29) is 22.4 Å². The van der Waals surface area contributed by atoms with E-state index in [4.69, 9.17) is 9.72 Å². The number of aromatic nitrogens is 1. The molecule has 0 bridgehead atoms. The van der Waals surface area contributed by atoms with Gasteiger partial charge in [-0.05, 0) is 37.1 Å². The molecule has 0 unspecified atom stereocenters. The van der Waals surface area contributed by atoms with Crippen LogP contribution in [-0.4, -0.2) is 55.2 Å². The third kappa shape index (κ3) is 4.62. The molecule has 172 valence electrons. The third-order valence-electron chi connectivity index (χ3n) is 6.21. The monoisotopic (exact) mass is 467 g/mol. The van der Waals surface area contributed by atoms with Crippen molar-refractivity contribution < 1.29 is 14.5 Å². The summed E-state index contributed by atoms with van der Waals surface area (Å²) < 4.78 is 6.46. The van der Waals surface area contributed by atoms with Crippen LogP contribution in [0.15, 0.2) is 42.5 Å². The summed E-state index contributed by atoms with van der Waals surface area (Å²) in [6.45, 7) is 4.34. The average molecular weight is 468 g/mol. The van der Waals surface area contributed by atoms with Gasteiger partial charge in [0.25, 0.3) is 5.69 Å². The minimum atomic E-state index is -0.353. The number of nitrogens with zero attached hydrogens (tertiary/aromatic N) is 4. The second-order valence-corrected chi connectivity index (χ2v) is 9.28. The number of carbonyl (C=O) groups is 1.